The van der Waals surface area contributed by atoms with E-state index in [0.29, 0.717) is 25.6 Å². The average molecular weight is 522 g/mol. The van der Waals surface area contributed by atoms with Crippen molar-refractivity contribution >= 4 is 51.9 Å². The number of aryl methyl sites for hydroxylation is 2. The molecule has 6 rings (SSSR count). The minimum Gasteiger partial charge on any atom is -0.382 e. The maximum absolute atomic E-state index is 13.4. The number of benzene rings is 1. The van der Waals surface area contributed by atoms with Crippen LogP contribution in [0.5, 0.6) is 0 Å². The molecule has 12 heteroatoms. The van der Waals surface area contributed by atoms with Crippen LogP contribution in [-0.2, 0) is 12.8 Å². The second-order valence-electron chi connectivity index (χ2n) is 10.00. The highest BCUT2D eigenvalue weighted by molar-refractivity contribution is 6.31. The van der Waals surface area contributed by atoms with E-state index in [1.54, 1.807) is 0 Å². The predicted octanol–water partition coefficient (Wildman–Crippen LogP) is 2.02. The summed E-state index contributed by atoms with van der Waals surface area (Å²) in [5.74, 6) is -0.468. The third-order valence-corrected chi connectivity index (χ3v) is 7.93. The van der Waals surface area contributed by atoms with Crippen LogP contribution in [-0.4, -0.2) is 62.8 Å². The summed E-state index contributed by atoms with van der Waals surface area (Å²) in [6.07, 6.45) is 5.98. The van der Waals surface area contributed by atoms with Gasteiger partial charge in [0.15, 0.2) is 28.4 Å². The lowest BCUT2D eigenvalue weighted by molar-refractivity contribution is 0.0669. The molecule has 37 heavy (non-hydrogen) atoms. The summed E-state index contributed by atoms with van der Waals surface area (Å²) in [6.45, 7) is 1.79. The number of halogens is 1. The number of rotatable bonds is 2. The molecule has 3 aromatic rings. The van der Waals surface area contributed by atoms with E-state index in [1.165, 1.54) is 29.5 Å². The van der Waals surface area contributed by atoms with Gasteiger partial charge in [0.05, 0.1) is 5.54 Å². The van der Waals surface area contributed by atoms with Gasteiger partial charge in [-0.05, 0) is 62.3 Å². The van der Waals surface area contributed by atoms with E-state index < -0.39 is 5.91 Å². The number of anilines is 2. The Morgan fingerprint density at radius 3 is 2.68 bits per heavy atom. The van der Waals surface area contributed by atoms with Crippen LogP contribution in [0.25, 0.3) is 10.9 Å². The maximum atomic E-state index is 13.4. The van der Waals surface area contributed by atoms with Crippen molar-refractivity contribution in [2.75, 3.05) is 31.1 Å². The first-order valence-corrected chi connectivity index (χ1v) is 12.9. The third kappa shape index (κ3) is 4.22. The van der Waals surface area contributed by atoms with Crippen LogP contribution in [0.15, 0.2) is 23.2 Å². The molecule has 0 atom stereocenters. The fourth-order valence-electron chi connectivity index (χ4n) is 5.57. The number of carbonyl (C=O) groups excluding carboxylic acids is 2. The number of carbonyl (C=O) groups is 2. The Bertz CT molecular complexity index is 1460. The van der Waals surface area contributed by atoms with Crippen LogP contribution in [0.3, 0.4) is 0 Å². The summed E-state index contributed by atoms with van der Waals surface area (Å²) in [5.41, 5.74) is 15.4. The van der Waals surface area contributed by atoms with Gasteiger partial charge in [-0.3, -0.25) is 9.59 Å². The van der Waals surface area contributed by atoms with Gasteiger partial charge in [0.25, 0.3) is 5.91 Å². The number of likely N-dealkylation sites (tertiary alicyclic amines) is 1. The van der Waals surface area contributed by atoms with E-state index >= 15 is 0 Å². The molecule has 2 amide bonds. The highest BCUT2D eigenvalue weighted by Gasteiger charge is 2.41. The van der Waals surface area contributed by atoms with E-state index in [0.717, 1.165) is 36.8 Å². The van der Waals surface area contributed by atoms with Crippen molar-refractivity contribution in [1.82, 2.24) is 30.5 Å². The van der Waals surface area contributed by atoms with Crippen LogP contribution < -0.4 is 22.1 Å². The van der Waals surface area contributed by atoms with Gasteiger partial charge in [-0.25, -0.2) is 9.97 Å². The van der Waals surface area contributed by atoms with E-state index in [4.69, 9.17) is 23.1 Å². The highest BCUT2D eigenvalue weighted by Crippen LogP contribution is 2.31. The van der Waals surface area contributed by atoms with Crippen LogP contribution in [0.1, 0.15) is 57.8 Å². The number of nitrogen functional groups attached to an aromatic ring is 2. The van der Waals surface area contributed by atoms with E-state index in [2.05, 4.69) is 30.6 Å². The molecular formula is C25H28ClN9O2. The largest absolute Gasteiger partial charge is 0.382 e. The summed E-state index contributed by atoms with van der Waals surface area (Å²) in [5, 5.41) is 7.56. The smallest absolute Gasteiger partial charge is 0.302 e. The molecule has 2 aliphatic heterocycles. The molecule has 11 nitrogen and oxygen atoms in total. The Morgan fingerprint density at radius 2 is 1.86 bits per heavy atom. The molecule has 7 N–H and O–H groups in total. The molecule has 2 aromatic heterocycles. The molecule has 192 valence electrons. The molecule has 1 spiro atoms. The Hall–Kier alpha value is -3.86. The second-order valence-corrected chi connectivity index (χ2v) is 10.4. The number of aromatic nitrogens is 3. The Balaban J connectivity index is 1.12. The maximum Gasteiger partial charge on any atom is 0.302 e. The summed E-state index contributed by atoms with van der Waals surface area (Å²) < 4.78 is 0. The molecule has 2 fully saturated rings. The van der Waals surface area contributed by atoms with Crippen molar-refractivity contribution in [2.45, 2.75) is 44.1 Å². The number of H-pyrrole nitrogens is 1. The van der Waals surface area contributed by atoms with Crippen molar-refractivity contribution in [1.29, 1.82) is 0 Å². The number of amides is 2. The standard InChI is InChI=1S/C25H28ClN9O2/c26-19-21(28)32-20(27)18(31-19)22(36)33-24-29-12-25(34-24)7-9-35(10-8-25)23(37)13-5-6-17-15(11-13)14-3-1-2-4-16(14)30-17/h5-6,11,30H,1-4,7-10,12H2,(H4,27,28,32)(H2,29,33,34,36). The number of hydrogen-bond acceptors (Lipinski definition) is 6. The summed E-state index contributed by atoms with van der Waals surface area (Å²) >= 11 is 5.88. The molecule has 2 saturated heterocycles. The SMILES string of the molecule is Nc1nc(N)c(C(=O)/N=C2\NCC3(CCN(C(=O)c4ccc5[nH]c6c(c5c4)CCCC6)CC3)N2)nc1Cl. The minimum atomic E-state index is -0.672. The Kier molecular flexibility index (Phi) is 5.67. The van der Waals surface area contributed by atoms with Crippen molar-refractivity contribution in [3.8, 4) is 0 Å². The lowest BCUT2D eigenvalue weighted by Crippen LogP contribution is -2.53. The number of fused-ring (bicyclic) bond motifs is 3. The van der Waals surface area contributed by atoms with Gasteiger partial charge in [-0.2, -0.15) is 4.99 Å². The van der Waals surface area contributed by atoms with E-state index in [9.17, 15) is 9.59 Å². The second kappa shape index (κ2) is 8.91. The highest BCUT2D eigenvalue weighted by atomic mass is 35.5. The molecule has 0 bridgehead atoms. The molecule has 4 heterocycles. The van der Waals surface area contributed by atoms with Crippen molar-refractivity contribution < 1.29 is 9.59 Å². The number of aliphatic imine (C=N–C) groups is 1. The number of aromatic amines is 1. The predicted molar refractivity (Wildman–Crippen MR) is 142 cm³/mol. The number of guanidine groups is 1. The first-order chi connectivity index (χ1) is 17.8. The monoisotopic (exact) mass is 521 g/mol. The van der Waals surface area contributed by atoms with Gasteiger partial charge in [-0.1, -0.05) is 11.6 Å². The van der Waals surface area contributed by atoms with Gasteiger partial charge >= 0.3 is 5.91 Å². The molecule has 0 unspecified atom stereocenters. The lowest BCUT2D eigenvalue weighted by Gasteiger charge is -2.38. The zero-order chi connectivity index (χ0) is 25.7. The van der Waals surface area contributed by atoms with Gasteiger partial charge in [0.2, 0.25) is 0 Å². The summed E-state index contributed by atoms with van der Waals surface area (Å²) in [4.78, 5) is 43.2. The fourth-order valence-corrected chi connectivity index (χ4v) is 5.70. The summed E-state index contributed by atoms with van der Waals surface area (Å²) in [6, 6.07) is 5.99. The molecule has 0 radical (unpaired) electrons. The quantitative estimate of drug-likeness (QED) is 0.341. The van der Waals surface area contributed by atoms with Gasteiger partial charge < -0.3 is 32.0 Å². The zero-order valence-electron chi connectivity index (χ0n) is 20.2. The number of nitrogens with two attached hydrogens (primary N) is 2. The van der Waals surface area contributed by atoms with Gasteiger partial charge in [-0.15, -0.1) is 0 Å². The number of hydrogen-bond donors (Lipinski definition) is 5. The number of nitrogens with one attached hydrogen (secondary N) is 3. The van der Waals surface area contributed by atoms with Crippen LogP contribution in [0.2, 0.25) is 5.15 Å². The topological polar surface area (TPSA) is 167 Å². The number of piperidine rings is 1. The third-order valence-electron chi connectivity index (χ3n) is 7.65. The first-order valence-electron chi connectivity index (χ1n) is 12.5. The van der Waals surface area contributed by atoms with Crippen LogP contribution >= 0.6 is 11.6 Å². The molecule has 0 saturated carbocycles. The van der Waals surface area contributed by atoms with Crippen molar-refractivity contribution in [3.63, 3.8) is 0 Å². The van der Waals surface area contributed by atoms with E-state index in [1.807, 2.05) is 23.1 Å². The zero-order valence-corrected chi connectivity index (χ0v) is 21.0. The molecule has 1 aliphatic carbocycles. The number of nitrogens with zero attached hydrogens (tertiary/aromatic N) is 4. The van der Waals surface area contributed by atoms with Crippen LogP contribution in [0.4, 0.5) is 11.6 Å². The summed E-state index contributed by atoms with van der Waals surface area (Å²) in [7, 11) is 0. The van der Waals surface area contributed by atoms with Crippen molar-refractivity contribution in [2.24, 2.45) is 4.99 Å². The van der Waals surface area contributed by atoms with Gasteiger partial charge in [0.1, 0.15) is 0 Å². The van der Waals surface area contributed by atoms with Crippen LogP contribution in [0, 0.1) is 0 Å². The normalized spacial score (nSPS) is 19.6. The van der Waals surface area contributed by atoms with Gasteiger partial charge in [0, 0.05) is 41.8 Å². The van der Waals surface area contributed by atoms with E-state index in [-0.39, 0.29) is 33.9 Å². The van der Waals surface area contributed by atoms with Crippen molar-refractivity contribution in [3.05, 3.63) is 45.9 Å². The lowest BCUT2D eigenvalue weighted by atomic mass is 9.88. The minimum absolute atomic E-state index is 0.0480. The molecular weight excluding hydrogens is 494 g/mol. The average Bonchev–Trinajstić information content (AvgIpc) is 3.46. The molecule has 1 aromatic carbocycles. The Labute approximate surface area is 218 Å². The molecule has 3 aliphatic rings. The fraction of sp³-hybridized carbons (Fsp3) is 0.400. The first kappa shape index (κ1) is 23.5. The Morgan fingerprint density at radius 1 is 1.08 bits per heavy atom.